The highest BCUT2D eigenvalue weighted by atomic mass is 16.5. The van der Waals surface area contributed by atoms with Crippen LogP contribution < -0.4 is 15.0 Å². The molecule has 1 unspecified atom stereocenters. The second kappa shape index (κ2) is 5.80. The van der Waals surface area contributed by atoms with E-state index in [0.717, 1.165) is 30.9 Å². The highest BCUT2D eigenvalue weighted by molar-refractivity contribution is 5.59. The second-order valence-corrected chi connectivity index (χ2v) is 5.73. The topological polar surface area (TPSA) is 44.7 Å². The number of rotatable bonds is 4. The molecule has 19 heavy (non-hydrogen) atoms. The lowest BCUT2D eigenvalue weighted by Crippen LogP contribution is -2.62. The monoisotopic (exact) mass is 264 g/mol. The number of piperazine rings is 1. The van der Waals surface area contributed by atoms with E-state index in [-0.39, 0.29) is 12.1 Å². The van der Waals surface area contributed by atoms with E-state index in [1.54, 1.807) is 7.11 Å². The lowest BCUT2D eigenvalue weighted by atomic mass is 9.96. The van der Waals surface area contributed by atoms with Crippen molar-refractivity contribution >= 4 is 5.69 Å². The number of aliphatic hydroxyl groups excluding tert-OH is 1. The zero-order chi connectivity index (χ0) is 13.9. The lowest BCUT2D eigenvalue weighted by Gasteiger charge is -2.46. The molecule has 0 saturated carbocycles. The van der Waals surface area contributed by atoms with Gasteiger partial charge in [0.1, 0.15) is 5.75 Å². The summed E-state index contributed by atoms with van der Waals surface area (Å²) >= 11 is 0. The van der Waals surface area contributed by atoms with Crippen LogP contribution in [-0.4, -0.2) is 43.5 Å². The first-order valence-corrected chi connectivity index (χ1v) is 6.83. The fourth-order valence-corrected chi connectivity index (χ4v) is 2.67. The summed E-state index contributed by atoms with van der Waals surface area (Å²) in [6, 6.07) is 8.39. The normalized spacial score (nSPS) is 22.3. The Balaban J connectivity index is 2.30. The smallest absolute Gasteiger partial charge is 0.142 e. The minimum absolute atomic E-state index is 0.0623. The van der Waals surface area contributed by atoms with Gasteiger partial charge in [-0.1, -0.05) is 12.1 Å². The van der Waals surface area contributed by atoms with Crippen molar-refractivity contribution in [2.75, 3.05) is 31.7 Å². The van der Waals surface area contributed by atoms with Gasteiger partial charge in [-0.2, -0.15) is 0 Å². The van der Waals surface area contributed by atoms with Gasteiger partial charge in [0.2, 0.25) is 0 Å². The second-order valence-electron chi connectivity index (χ2n) is 5.73. The van der Waals surface area contributed by atoms with Gasteiger partial charge in [-0.05, 0) is 32.4 Å². The zero-order valence-electron chi connectivity index (χ0n) is 12.0. The molecule has 0 spiro atoms. The van der Waals surface area contributed by atoms with E-state index < -0.39 is 0 Å². The molecule has 0 aliphatic carbocycles. The Labute approximate surface area is 115 Å². The quantitative estimate of drug-likeness (QED) is 0.867. The maximum atomic E-state index is 9.25. The molecule has 2 rings (SSSR count). The van der Waals surface area contributed by atoms with E-state index in [4.69, 9.17) is 4.74 Å². The standard InChI is InChI=1S/C15H24N2O2/c1-15(2)11-17(12(8-9-18)10-16-15)13-6-4-5-7-14(13)19-3/h4-7,12,16,18H,8-11H2,1-3H3. The number of hydrogen-bond acceptors (Lipinski definition) is 4. The molecule has 1 atom stereocenters. The van der Waals surface area contributed by atoms with Crippen LogP contribution in [0.1, 0.15) is 20.3 Å². The molecular formula is C15H24N2O2. The van der Waals surface area contributed by atoms with Crippen LogP contribution in [0, 0.1) is 0 Å². The summed E-state index contributed by atoms with van der Waals surface area (Å²) in [5.74, 6) is 0.892. The third-order valence-electron chi connectivity index (χ3n) is 3.68. The molecule has 0 bridgehead atoms. The van der Waals surface area contributed by atoms with E-state index in [1.807, 2.05) is 18.2 Å². The van der Waals surface area contributed by atoms with Crippen LogP contribution in [0.5, 0.6) is 5.75 Å². The first kappa shape index (κ1) is 14.2. The maximum Gasteiger partial charge on any atom is 0.142 e. The molecule has 4 nitrogen and oxygen atoms in total. The highest BCUT2D eigenvalue weighted by Gasteiger charge is 2.33. The van der Waals surface area contributed by atoms with Gasteiger partial charge in [0.15, 0.2) is 0 Å². The van der Waals surface area contributed by atoms with Crippen molar-refractivity contribution in [2.24, 2.45) is 0 Å². The summed E-state index contributed by atoms with van der Waals surface area (Å²) in [4.78, 5) is 2.35. The molecule has 0 radical (unpaired) electrons. The van der Waals surface area contributed by atoms with Crippen molar-refractivity contribution in [1.29, 1.82) is 0 Å². The molecule has 0 amide bonds. The number of methoxy groups -OCH3 is 1. The Morgan fingerprint density at radius 1 is 1.42 bits per heavy atom. The molecule has 1 aromatic carbocycles. The Bertz CT molecular complexity index is 420. The molecule has 0 aromatic heterocycles. The third-order valence-corrected chi connectivity index (χ3v) is 3.68. The van der Waals surface area contributed by atoms with Crippen LogP contribution in [-0.2, 0) is 0 Å². The Morgan fingerprint density at radius 3 is 2.84 bits per heavy atom. The van der Waals surface area contributed by atoms with Crippen LogP contribution in [0.2, 0.25) is 0 Å². The molecule has 4 heteroatoms. The number of hydrogen-bond donors (Lipinski definition) is 2. The van der Waals surface area contributed by atoms with E-state index in [1.165, 1.54) is 0 Å². The minimum atomic E-state index is 0.0623. The van der Waals surface area contributed by atoms with Crippen molar-refractivity contribution in [3.8, 4) is 5.75 Å². The summed E-state index contributed by atoms with van der Waals surface area (Å²) in [5.41, 5.74) is 1.17. The van der Waals surface area contributed by atoms with Crippen LogP contribution in [0.4, 0.5) is 5.69 Å². The summed E-state index contributed by atoms with van der Waals surface area (Å²) in [6.45, 7) is 6.39. The van der Waals surface area contributed by atoms with Gasteiger partial charge in [0.25, 0.3) is 0 Å². The largest absolute Gasteiger partial charge is 0.495 e. The Kier molecular flexibility index (Phi) is 4.32. The number of para-hydroxylation sites is 2. The van der Waals surface area contributed by atoms with Crippen molar-refractivity contribution in [2.45, 2.75) is 31.8 Å². The molecule has 1 heterocycles. The number of benzene rings is 1. The first-order valence-electron chi connectivity index (χ1n) is 6.83. The SMILES string of the molecule is COc1ccccc1N1CC(C)(C)NCC1CCO. The van der Waals surface area contributed by atoms with Gasteiger partial charge in [-0.15, -0.1) is 0 Å². The van der Waals surface area contributed by atoms with E-state index in [0.29, 0.717) is 6.04 Å². The highest BCUT2D eigenvalue weighted by Crippen LogP contribution is 2.32. The summed E-state index contributed by atoms with van der Waals surface area (Å²) in [6.07, 6.45) is 0.765. The average Bonchev–Trinajstić information content (AvgIpc) is 2.40. The number of anilines is 1. The fourth-order valence-electron chi connectivity index (χ4n) is 2.67. The number of ether oxygens (including phenoxy) is 1. The van der Waals surface area contributed by atoms with Crippen molar-refractivity contribution in [3.05, 3.63) is 24.3 Å². The number of aliphatic hydroxyl groups is 1. The van der Waals surface area contributed by atoms with Crippen LogP contribution in [0.25, 0.3) is 0 Å². The average molecular weight is 264 g/mol. The molecule has 2 N–H and O–H groups in total. The molecule has 1 fully saturated rings. The van der Waals surface area contributed by atoms with Crippen molar-refractivity contribution < 1.29 is 9.84 Å². The van der Waals surface area contributed by atoms with Gasteiger partial charge in [0.05, 0.1) is 12.8 Å². The minimum Gasteiger partial charge on any atom is -0.495 e. The summed E-state index contributed by atoms with van der Waals surface area (Å²) in [7, 11) is 1.70. The van der Waals surface area contributed by atoms with E-state index in [9.17, 15) is 5.11 Å². The molecular weight excluding hydrogens is 240 g/mol. The predicted molar refractivity (Wildman–Crippen MR) is 77.9 cm³/mol. The first-order chi connectivity index (χ1) is 9.07. The molecule has 1 aliphatic rings. The van der Waals surface area contributed by atoms with Gasteiger partial charge >= 0.3 is 0 Å². The van der Waals surface area contributed by atoms with Gasteiger partial charge in [0, 0.05) is 31.3 Å². The molecule has 106 valence electrons. The Morgan fingerprint density at radius 2 is 2.16 bits per heavy atom. The fraction of sp³-hybridized carbons (Fsp3) is 0.600. The summed E-state index contributed by atoms with van der Waals surface area (Å²) < 4.78 is 5.47. The number of nitrogens with one attached hydrogen (secondary N) is 1. The van der Waals surface area contributed by atoms with Gasteiger partial charge in [-0.25, -0.2) is 0 Å². The lowest BCUT2D eigenvalue weighted by molar-refractivity contribution is 0.240. The third kappa shape index (κ3) is 3.19. The van der Waals surface area contributed by atoms with Crippen LogP contribution in [0.3, 0.4) is 0 Å². The molecule has 1 aromatic rings. The van der Waals surface area contributed by atoms with E-state index >= 15 is 0 Å². The van der Waals surface area contributed by atoms with E-state index in [2.05, 4.69) is 30.1 Å². The van der Waals surface area contributed by atoms with Gasteiger partial charge in [-0.3, -0.25) is 0 Å². The Hall–Kier alpha value is -1.26. The van der Waals surface area contributed by atoms with Crippen LogP contribution >= 0.6 is 0 Å². The molecule has 1 saturated heterocycles. The van der Waals surface area contributed by atoms with Gasteiger partial charge < -0.3 is 20.1 Å². The predicted octanol–water partition coefficient (Wildman–Crippen LogP) is 1.63. The zero-order valence-corrected chi connectivity index (χ0v) is 12.0. The summed E-state index contributed by atoms with van der Waals surface area (Å²) in [5, 5.41) is 12.8. The van der Waals surface area contributed by atoms with Crippen molar-refractivity contribution in [1.82, 2.24) is 5.32 Å². The number of nitrogens with zero attached hydrogens (tertiary/aromatic N) is 1. The van der Waals surface area contributed by atoms with Crippen molar-refractivity contribution in [3.63, 3.8) is 0 Å². The van der Waals surface area contributed by atoms with Crippen LogP contribution in [0.15, 0.2) is 24.3 Å². The molecule has 1 aliphatic heterocycles. The maximum absolute atomic E-state index is 9.25.